The average molecular weight is 259 g/mol. The van der Waals surface area contributed by atoms with Gasteiger partial charge in [0.2, 0.25) is 0 Å². The molecule has 3 heteroatoms. The Labute approximate surface area is 113 Å². The molecule has 3 rings (SSSR count). The highest BCUT2D eigenvalue weighted by Gasteiger charge is 2.51. The van der Waals surface area contributed by atoms with Crippen LogP contribution in [0, 0.1) is 17.3 Å². The lowest BCUT2D eigenvalue weighted by molar-refractivity contribution is -0.141. The van der Waals surface area contributed by atoms with Gasteiger partial charge >= 0.3 is 5.97 Å². The lowest BCUT2D eigenvalue weighted by Crippen LogP contribution is -2.42. The molecule has 0 heterocycles. The first-order chi connectivity index (χ1) is 9.15. The van der Waals surface area contributed by atoms with Crippen molar-refractivity contribution < 1.29 is 9.90 Å². The zero-order valence-corrected chi connectivity index (χ0v) is 11.1. The van der Waals surface area contributed by atoms with E-state index < -0.39 is 5.97 Å². The van der Waals surface area contributed by atoms with Crippen molar-refractivity contribution >= 4 is 5.97 Å². The summed E-state index contributed by atoms with van der Waals surface area (Å²) in [5, 5.41) is 9.28. The highest BCUT2D eigenvalue weighted by atomic mass is 16.4. The van der Waals surface area contributed by atoms with Gasteiger partial charge in [-0.05, 0) is 60.6 Å². The maximum atomic E-state index is 11.3. The minimum atomic E-state index is -0.701. The van der Waals surface area contributed by atoms with E-state index in [1.54, 1.807) is 0 Å². The van der Waals surface area contributed by atoms with E-state index in [9.17, 15) is 9.90 Å². The summed E-state index contributed by atoms with van der Waals surface area (Å²) in [5.41, 5.74) is 8.66. The van der Waals surface area contributed by atoms with Gasteiger partial charge in [-0.25, -0.2) is 0 Å². The predicted molar refractivity (Wildman–Crippen MR) is 73.8 cm³/mol. The first-order valence-corrected chi connectivity index (χ1v) is 7.14. The van der Waals surface area contributed by atoms with Crippen LogP contribution in [0.4, 0.5) is 0 Å². The van der Waals surface area contributed by atoms with Gasteiger partial charge in [-0.2, -0.15) is 0 Å². The summed E-state index contributed by atoms with van der Waals surface area (Å²) < 4.78 is 0. The van der Waals surface area contributed by atoms with Crippen molar-refractivity contribution in [2.45, 2.75) is 32.1 Å². The van der Waals surface area contributed by atoms with E-state index in [2.05, 4.69) is 24.3 Å². The van der Waals surface area contributed by atoms with Gasteiger partial charge in [0.25, 0.3) is 0 Å². The second kappa shape index (κ2) is 4.64. The van der Waals surface area contributed by atoms with Gasteiger partial charge in [-0.3, -0.25) is 4.79 Å². The van der Waals surface area contributed by atoms with Gasteiger partial charge in [0.1, 0.15) is 0 Å². The number of carboxylic acids is 1. The van der Waals surface area contributed by atoms with Crippen LogP contribution in [0.2, 0.25) is 0 Å². The zero-order chi connectivity index (χ0) is 13.5. The van der Waals surface area contributed by atoms with E-state index in [0.717, 1.165) is 25.7 Å². The van der Waals surface area contributed by atoms with Gasteiger partial charge in [0.15, 0.2) is 0 Å². The molecule has 0 saturated heterocycles. The Morgan fingerprint density at radius 1 is 1.21 bits per heavy atom. The fraction of sp³-hybridized carbons (Fsp3) is 0.562. The van der Waals surface area contributed by atoms with Crippen LogP contribution in [0.5, 0.6) is 0 Å². The van der Waals surface area contributed by atoms with Gasteiger partial charge in [0, 0.05) is 0 Å². The largest absolute Gasteiger partial charge is 0.481 e. The van der Waals surface area contributed by atoms with E-state index >= 15 is 0 Å². The molecule has 102 valence electrons. The summed E-state index contributed by atoms with van der Waals surface area (Å²) in [5.74, 6) is 0.165. The molecule has 2 aliphatic rings. The molecular formula is C16H21NO2. The normalized spacial score (nSPS) is 32.7. The quantitative estimate of drug-likeness (QED) is 0.875. The fourth-order valence-corrected chi connectivity index (χ4v) is 4.38. The molecule has 0 aliphatic heterocycles. The molecule has 2 atom stereocenters. The monoisotopic (exact) mass is 259 g/mol. The third kappa shape index (κ3) is 1.96. The van der Waals surface area contributed by atoms with Crippen molar-refractivity contribution in [2.75, 3.05) is 6.54 Å². The summed E-state index contributed by atoms with van der Waals surface area (Å²) in [6.45, 7) is 0.503. The Morgan fingerprint density at radius 3 is 2.16 bits per heavy atom. The highest BCUT2D eigenvalue weighted by molar-refractivity contribution is 5.68. The molecule has 2 aliphatic carbocycles. The van der Waals surface area contributed by atoms with Crippen molar-refractivity contribution in [3.63, 3.8) is 0 Å². The van der Waals surface area contributed by atoms with Crippen molar-refractivity contribution in [2.24, 2.45) is 23.0 Å². The SMILES string of the molecule is NCC1(CC(=O)O)C2CCC1Cc1ccccc1C2. The molecule has 3 N–H and O–H groups in total. The predicted octanol–water partition coefficient (Wildman–Crippen LogP) is 2.23. The van der Waals surface area contributed by atoms with Crippen LogP contribution in [-0.4, -0.2) is 17.6 Å². The second-order valence-electron chi connectivity index (χ2n) is 6.16. The highest BCUT2D eigenvalue weighted by Crippen LogP contribution is 2.54. The van der Waals surface area contributed by atoms with E-state index in [0.29, 0.717) is 18.4 Å². The molecule has 3 nitrogen and oxygen atoms in total. The van der Waals surface area contributed by atoms with Crippen LogP contribution in [0.25, 0.3) is 0 Å². The van der Waals surface area contributed by atoms with Gasteiger partial charge < -0.3 is 10.8 Å². The molecule has 0 spiro atoms. The van der Waals surface area contributed by atoms with Gasteiger partial charge in [-0.15, -0.1) is 0 Å². The van der Waals surface area contributed by atoms with Crippen molar-refractivity contribution in [1.82, 2.24) is 0 Å². The summed E-state index contributed by atoms with van der Waals surface area (Å²) in [6.07, 6.45) is 4.48. The third-order valence-electron chi connectivity index (χ3n) is 5.40. The van der Waals surface area contributed by atoms with Crippen LogP contribution >= 0.6 is 0 Å². The lowest BCUT2D eigenvalue weighted by Gasteiger charge is -2.37. The molecule has 0 amide bonds. The van der Waals surface area contributed by atoms with Gasteiger partial charge in [0.05, 0.1) is 6.42 Å². The molecule has 0 aromatic heterocycles. The summed E-state index contributed by atoms with van der Waals surface area (Å²) >= 11 is 0. The minimum absolute atomic E-state index is 0.190. The Hall–Kier alpha value is -1.35. The van der Waals surface area contributed by atoms with Crippen LogP contribution in [-0.2, 0) is 17.6 Å². The van der Waals surface area contributed by atoms with Crippen LogP contribution in [0.15, 0.2) is 24.3 Å². The number of nitrogens with two attached hydrogens (primary N) is 1. The maximum absolute atomic E-state index is 11.3. The summed E-state index contributed by atoms with van der Waals surface area (Å²) in [6, 6.07) is 8.55. The van der Waals surface area contributed by atoms with Crippen LogP contribution in [0.3, 0.4) is 0 Å². The number of hydrogen-bond acceptors (Lipinski definition) is 2. The third-order valence-corrected chi connectivity index (χ3v) is 5.40. The number of rotatable bonds is 3. The Balaban J connectivity index is 2.00. The second-order valence-corrected chi connectivity index (χ2v) is 6.16. The van der Waals surface area contributed by atoms with E-state index in [1.807, 2.05) is 0 Å². The maximum Gasteiger partial charge on any atom is 0.303 e. The van der Waals surface area contributed by atoms with E-state index in [1.165, 1.54) is 11.1 Å². The van der Waals surface area contributed by atoms with Crippen molar-refractivity contribution in [3.05, 3.63) is 35.4 Å². The van der Waals surface area contributed by atoms with Gasteiger partial charge in [-0.1, -0.05) is 24.3 Å². The molecule has 1 aromatic carbocycles. The smallest absolute Gasteiger partial charge is 0.303 e. The Bertz CT molecular complexity index is 464. The standard InChI is InChI=1S/C16H21NO2/c17-10-16(9-15(18)19)13-5-6-14(16)8-12-4-2-1-3-11(12)7-13/h1-4,13-14H,5-10,17H2,(H,18,19). The molecule has 2 bridgehead atoms. The molecular weight excluding hydrogens is 238 g/mol. The number of carbonyl (C=O) groups is 1. The number of benzene rings is 1. The lowest BCUT2D eigenvalue weighted by atomic mass is 9.68. The molecule has 0 radical (unpaired) electrons. The summed E-state index contributed by atoms with van der Waals surface area (Å²) in [7, 11) is 0. The molecule has 1 fully saturated rings. The van der Waals surface area contributed by atoms with Crippen molar-refractivity contribution in [3.8, 4) is 0 Å². The number of hydrogen-bond donors (Lipinski definition) is 2. The molecule has 1 aromatic rings. The molecule has 19 heavy (non-hydrogen) atoms. The Morgan fingerprint density at radius 2 is 1.74 bits per heavy atom. The molecule has 1 saturated carbocycles. The van der Waals surface area contributed by atoms with Crippen LogP contribution < -0.4 is 5.73 Å². The zero-order valence-electron chi connectivity index (χ0n) is 11.1. The molecule has 2 unspecified atom stereocenters. The summed E-state index contributed by atoms with van der Waals surface area (Å²) in [4.78, 5) is 11.3. The topological polar surface area (TPSA) is 63.3 Å². The first-order valence-electron chi connectivity index (χ1n) is 7.14. The fourth-order valence-electron chi connectivity index (χ4n) is 4.38. The Kier molecular flexibility index (Phi) is 3.09. The number of carboxylic acid groups (broad SMARTS) is 1. The van der Waals surface area contributed by atoms with E-state index in [-0.39, 0.29) is 11.8 Å². The average Bonchev–Trinajstić information content (AvgIpc) is 2.61. The number of aliphatic carboxylic acids is 1. The van der Waals surface area contributed by atoms with Crippen molar-refractivity contribution in [1.29, 1.82) is 0 Å². The first kappa shape index (κ1) is 12.7. The van der Waals surface area contributed by atoms with E-state index in [4.69, 9.17) is 5.73 Å². The minimum Gasteiger partial charge on any atom is -0.481 e. The number of fused-ring (bicyclic) bond motifs is 3. The van der Waals surface area contributed by atoms with Crippen LogP contribution in [0.1, 0.15) is 30.4 Å².